The molecule has 0 radical (unpaired) electrons. The number of hydrogen-bond donors (Lipinski definition) is 1. The van der Waals surface area contributed by atoms with E-state index in [1.165, 1.54) is 0 Å². The molecule has 0 aromatic rings. The average molecular weight is 198 g/mol. The maximum Gasteiger partial charge on any atom is 0.189 e. The van der Waals surface area contributed by atoms with Crippen molar-refractivity contribution in [1.82, 2.24) is 0 Å². The van der Waals surface area contributed by atoms with Gasteiger partial charge in [0.2, 0.25) is 0 Å². The van der Waals surface area contributed by atoms with Crippen LogP contribution in [-0.2, 0) is 9.47 Å². The van der Waals surface area contributed by atoms with Crippen LogP contribution in [0.2, 0.25) is 0 Å². The molecule has 80 valence electrons. The van der Waals surface area contributed by atoms with Crippen molar-refractivity contribution >= 4 is 11.6 Å². The molecule has 0 amide bonds. The van der Waals surface area contributed by atoms with Crippen molar-refractivity contribution in [3.05, 3.63) is 0 Å². The molecule has 0 bridgehead atoms. The van der Waals surface area contributed by atoms with Gasteiger partial charge in [-0.3, -0.25) is 0 Å². The van der Waals surface area contributed by atoms with Crippen LogP contribution in [0.5, 0.6) is 0 Å². The minimum atomic E-state index is -0.252. The third-order valence-corrected chi connectivity index (χ3v) is 2.19. The molecule has 1 unspecified atom stereocenters. The van der Waals surface area contributed by atoms with Crippen molar-refractivity contribution in [2.24, 2.45) is 4.99 Å². The Kier molecular flexibility index (Phi) is 3.63. The lowest BCUT2D eigenvalue weighted by molar-refractivity contribution is 0.121. The van der Waals surface area contributed by atoms with Gasteiger partial charge in [0.15, 0.2) is 5.90 Å². The van der Waals surface area contributed by atoms with Crippen molar-refractivity contribution in [3.63, 3.8) is 0 Å². The summed E-state index contributed by atoms with van der Waals surface area (Å²) < 4.78 is 10.5. The molecule has 1 N–H and O–H groups in total. The zero-order valence-corrected chi connectivity index (χ0v) is 9.09. The Labute approximate surface area is 84.8 Å². The van der Waals surface area contributed by atoms with Gasteiger partial charge in [-0.2, -0.15) is 0 Å². The van der Waals surface area contributed by atoms with Crippen molar-refractivity contribution in [3.8, 4) is 0 Å². The molecule has 1 aliphatic heterocycles. The van der Waals surface area contributed by atoms with Crippen LogP contribution in [0.15, 0.2) is 4.99 Å². The van der Waals surface area contributed by atoms with Gasteiger partial charge in [0.25, 0.3) is 0 Å². The molecule has 0 saturated carbocycles. The molecule has 0 aromatic carbocycles. The fourth-order valence-electron chi connectivity index (χ4n) is 1.39. The quantitative estimate of drug-likeness (QED) is 0.683. The molecule has 0 saturated heterocycles. The Balaban J connectivity index is 2.53. The van der Waals surface area contributed by atoms with Crippen LogP contribution < -0.4 is 0 Å². The summed E-state index contributed by atoms with van der Waals surface area (Å²) in [5.74, 6) is 0.677. The van der Waals surface area contributed by atoms with E-state index in [-0.39, 0.29) is 5.54 Å². The molecule has 0 aromatic heterocycles. The first kappa shape index (κ1) is 11.2. The lowest BCUT2D eigenvalue weighted by Gasteiger charge is -2.15. The summed E-state index contributed by atoms with van der Waals surface area (Å²) in [6, 6.07) is 0. The van der Waals surface area contributed by atoms with E-state index in [2.05, 4.69) is 4.99 Å². The molecule has 4 nitrogen and oxygen atoms in total. The molecular weight excluding hydrogens is 180 g/mol. The van der Waals surface area contributed by atoms with Gasteiger partial charge in [-0.05, 0) is 13.3 Å². The highest BCUT2D eigenvalue weighted by atomic mass is 16.5. The minimum Gasteiger partial charge on any atom is -0.478 e. The molecule has 1 rings (SSSR count). The fraction of sp³-hybridized carbons (Fsp3) is 0.800. The molecule has 0 fully saturated rings. The van der Waals surface area contributed by atoms with Gasteiger partial charge < -0.3 is 14.9 Å². The number of methoxy groups -OCH3 is 1. The highest BCUT2D eigenvalue weighted by Crippen LogP contribution is 2.19. The highest BCUT2D eigenvalue weighted by Gasteiger charge is 2.31. The van der Waals surface area contributed by atoms with Crippen LogP contribution in [0.25, 0.3) is 0 Å². The van der Waals surface area contributed by atoms with E-state index in [1.807, 2.05) is 13.8 Å². The second-order valence-electron chi connectivity index (χ2n) is 3.86. The zero-order valence-electron chi connectivity index (χ0n) is 9.09. The van der Waals surface area contributed by atoms with Gasteiger partial charge in [-0.15, -0.1) is 0 Å². The van der Waals surface area contributed by atoms with Gasteiger partial charge in [-0.25, -0.2) is 4.99 Å². The minimum absolute atomic E-state index is 0.252. The maximum absolute atomic E-state index is 7.54. The predicted octanol–water partition coefficient (Wildman–Crippen LogP) is 1.64. The first-order valence-electron chi connectivity index (χ1n) is 4.86. The lowest BCUT2D eigenvalue weighted by atomic mass is 10.1. The van der Waals surface area contributed by atoms with Crippen LogP contribution in [0.1, 0.15) is 26.7 Å². The third kappa shape index (κ3) is 2.80. The van der Waals surface area contributed by atoms with Gasteiger partial charge in [-0.1, -0.05) is 6.92 Å². The fourth-order valence-corrected chi connectivity index (χ4v) is 1.39. The van der Waals surface area contributed by atoms with E-state index in [9.17, 15) is 0 Å². The maximum atomic E-state index is 7.54. The Morgan fingerprint density at radius 1 is 1.71 bits per heavy atom. The van der Waals surface area contributed by atoms with E-state index < -0.39 is 0 Å². The zero-order chi connectivity index (χ0) is 10.6. The lowest BCUT2D eigenvalue weighted by Crippen LogP contribution is -2.29. The number of rotatable bonds is 5. The summed E-state index contributed by atoms with van der Waals surface area (Å²) in [5, 5.41) is 7.54. The van der Waals surface area contributed by atoms with Gasteiger partial charge in [0, 0.05) is 12.8 Å². The summed E-state index contributed by atoms with van der Waals surface area (Å²) in [7, 11) is 1.66. The van der Waals surface area contributed by atoms with Crippen molar-refractivity contribution in [1.29, 1.82) is 5.41 Å². The Morgan fingerprint density at radius 3 is 3.00 bits per heavy atom. The Hall–Kier alpha value is -0.900. The molecule has 14 heavy (non-hydrogen) atoms. The molecule has 0 aliphatic carbocycles. The highest BCUT2D eigenvalue weighted by molar-refractivity contribution is 6.00. The summed E-state index contributed by atoms with van der Waals surface area (Å²) in [6.45, 7) is 5.09. The summed E-state index contributed by atoms with van der Waals surface area (Å²) >= 11 is 0. The topological polar surface area (TPSA) is 54.7 Å². The van der Waals surface area contributed by atoms with Crippen LogP contribution in [0.3, 0.4) is 0 Å². The predicted molar refractivity (Wildman–Crippen MR) is 56.3 cm³/mol. The van der Waals surface area contributed by atoms with Gasteiger partial charge in [0.1, 0.15) is 12.1 Å². The monoisotopic (exact) mass is 198 g/mol. The number of ether oxygens (including phenoxy) is 2. The van der Waals surface area contributed by atoms with E-state index in [0.717, 1.165) is 6.42 Å². The van der Waals surface area contributed by atoms with E-state index in [0.29, 0.717) is 31.2 Å². The largest absolute Gasteiger partial charge is 0.478 e. The van der Waals surface area contributed by atoms with E-state index >= 15 is 0 Å². The molecule has 1 aliphatic rings. The van der Waals surface area contributed by atoms with Crippen LogP contribution in [0.4, 0.5) is 0 Å². The van der Waals surface area contributed by atoms with Crippen molar-refractivity contribution in [2.45, 2.75) is 32.2 Å². The summed E-state index contributed by atoms with van der Waals surface area (Å²) in [5.41, 5.74) is 0.406. The first-order valence-corrected chi connectivity index (χ1v) is 4.86. The second-order valence-corrected chi connectivity index (χ2v) is 3.86. The number of aliphatic imine (C=N–C) groups is 1. The Morgan fingerprint density at radius 2 is 2.43 bits per heavy atom. The summed E-state index contributed by atoms with van der Waals surface area (Å²) in [6.07, 6.45) is 1.29. The smallest absolute Gasteiger partial charge is 0.189 e. The van der Waals surface area contributed by atoms with Crippen molar-refractivity contribution < 1.29 is 9.47 Å². The van der Waals surface area contributed by atoms with Crippen LogP contribution in [-0.4, -0.2) is 37.5 Å². The van der Waals surface area contributed by atoms with E-state index in [1.54, 1.807) is 7.11 Å². The average Bonchev–Trinajstić information content (AvgIpc) is 2.48. The van der Waals surface area contributed by atoms with E-state index in [4.69, 9.17) is 14.9 Å². The van der Waals surface area contributed by atoms with Crippen LogP contribution >= 0.6 is 0 Å². The molecule has 1 heterocycles. The SMILES string of the molecule is CCC(=N)CC1=NC(C)(COC)CO1. The van der Waals surface area contributed by atoms with Crippen LogP contribution in [0, 0.1) is 5.41 Å². The summed E-state index contributed by atoms with van der Waals surface area (Å²) in [4.78, 5) is 4.43. The second kappa shape index (κ2) is 4.55. The van der Waals surface area contributed by atoms with Crippen molar-refractivity contribution in [2.75, 3.05) is 20.3 Å². The standard InChI is InChI=1S/C10H18N2O2/c1-4-8(11)5-9-12-10(2,6-13-3)7-14-9/h11H,4-7H2,1-3H3. The number of hydrogen-bond acceptors (Lipinski definition) is 4. The van der Waals surface area contributed by atoms with Gasteiger partial charge >= 0.3 is 0 Å². The Bertz CT molecular complexity index is 251. The molecular formula is C10H18N2O2. The normalized spacial score (nSPS) is 25.8. The van der Waals surface area contributed by atoms with Gasteiger partial charge in [0.05, 0.1) is 13.0 Å². The third-order valence-electron chi connectivity index (χ3n) is 2.19. The molecule has 0 spiro atoms. The number of nitrogens with zero attached hydrogens (tertiary/aromatic N) is 1. The first-order chi connectivity index (χ1) is 6.59. The molecule has 4 heteroatoms. The number of nitrogens with one attached hydrogen (secondary N) is 1. The molecule has 1 atom stereocenters.